The number of hydrogen-bond donors (Lipinski definition) is 3. The zero-order valence-electron chi connectivity index (χ0n) is 11.7. The number of aromatic nitrogens is 2. The van der Waals surface area contributed by atoms with Crippen LogP contribution in [0.1, 0.15) is 37.1 Å². The topological polar surface area (TPSA) is 100 Å². The van der Waals surface area contributed by atoms with Crippen molar-refractivity contribution in [1.29, 1.82) is 0 Å². The summed E-state index contributed by atoms with van der Waals surface area (Å²) in [6.45, 7) is 2.30. The minimum Gasteiger partial charge on any atom is -0.447 e. The normalized spacial score (nSPS) is 17.0. The van der Waals surface area contributed by atoms with Crippen LogP contribution in [0.5, 0.6) is 0 Å². The molecule has 0 aliphatic heterocycles. The van der Waals surface area contributed by atoms with Crippen molar-refractivity contribution in [3.63, 3.8) is 0 Å². The number of sulfonamides is 1. The summed E-state index contributed by atoms with van der Waals surface area (Å²) in [4.78, 5) is 0. The Morgan fingerprint density at radius 2 is 2.29 bits per heavy atom. The Morgan fingerprint density at radius 1 is 1.48 bits per heavy atom. The van der Waals surface area contributed by atoms with Gasteiger partial charge in [-0.05, 0) is 31.9 Å². The highest BCUT2D eigenvalue weighted by molar-refractivity contribution is 7.89. The zero-order valence-corrected chi connectivity index (χ0v) is 12.5. The molecule has 2 heterocycles. The smallest absolute Gasteiger partial charge is 0.274 e. The van der Waals surface area contributed by atoms with Crippen molar-refractivity contribution in [3.05, 3.63) is 35.9 Å². The molecule has 2 aromatic rings. The third-order valence-electron chi connectivity index (χ3n) is 3.40. The number of nitrogens with one attached hydrogen (secondary N) is 3. The number of furan rings is 1. The monoisotopic (exact) mass is 310 g/mol. The van der Waals surface area contributed by atoms with Crippen LogP contribution in [0.4, 0.5) is 0 Å². The summed E-state index contributed by atoms with van der Waals surface area (Å²) in [6.07, 6.45) is 5.59. The van der Waals surface area contributed by atoms with Crippen molar-refractivity contribution in [1.82, 2.24) is 20.2 Å². The maximum atomic E-state index is 12.2. The summed E-state index contributed by atoms with van der Waals surface area (Å²) in [5, 5.41) is 9.68. The molecule has 1 fully saturated rings. The molecule has 7 nitrogen and oxygen atoms in total. The van der Waals surface area contributed by atoms with E-state index in [0.29, 0.717) is 18.3 Å². The van der Waals surface area contributed by atoms with Crippen LogP contribution >= 0.6 is 0 Å². The van der Waals surface area contributed by atoms with Crippen molar-refractivity contribution in [2.75, 3.05) is 0 Å². The molecule has 1 aliphatic carbocycles. The molecule has 8 heteroatoms. The molecule has 1 aliphatic rings. The standard InChI is InChI=1S/C13H18N4O3S/c1-9(10-6-15-16-7-10)17-21(18,19)13-5-4-12(20-13)8-14-11-2-3-11/h4-7,9,11,14,17H,2-3,8H2,1H3,(H,15,16). The molecule has 3 N–H and O–H groups in total. The minimum atomic E-state index is -3.67. The van der Waals surface area contributed by atoms with Gasteiger partial charge in [-0.3, -0.25) is 5.10 Å². The lowest BCUT2D eigenvalue weighted by atomic mass is 10.2. The lowest BCUT2D eigenvalue weighted by Crippen LogP contribution is -2.26. The highest BCUT2D eigenvalue weighted by Crippen LogP contribution is 2.21. The van der Waals surface area contributed by atoms with E-state index in [2.05, 4.69) is 20.2 Å². The Labute approximate surface area is 123 Å². The second-order valence-electron chi connectivity index (χ2n) is 5.25. The van der Waals surface area contributed by atoms with Crippen LogP contribution in [-0.2, 0) is 16.6 Å². The Balaban J connectivity index is 1.66. The molecule has 0 amide bonds. The van der Waals surface area contributed by atoms with Gasteiger partial charge in [-0.15, -0.1) is 0 Å². The molecule has 0 aromatic carbocycles. The Morgan fingerprint density at radius 3 is 2.95 bits per heavy atom. The number of nitrogens with zero attached hydrogens (tertiary/aromatic N) is 1. The van der Waals surface area contributed by atoms with Gasteiger partial charge in [0.15, 0.2) is 0 Å². The molecular weight excluding hydrogens is 292 g/mol. The van der Waals surface area contributed by atoms with Crippen LogP contribution in [0.15, 0.2) is 34.0 Å². The van der Waals surface area contributed by atoms with Crippen LogP contribution in [0.3, 0.4) is 0 Å². The molecule has 0 spiro atoms. The molecular formula is C13H18N4O3S. The van der Waals surface area contributed by atoms with Crippen LogP contribution in [0.2, 0.25) is 0 Å². The summed E-state index contributed by atoms with van der Waals surface area (Å²) < 4.78 is 32.5. The molecule has 2 aromatic heterocycles. The van der Waals surface area contributed by atoms with Crippen LogP contribution in [0.25, 0.3) is 0 Å². The van der Waals surface area contributed by atoms with Crippen LogP contribution in [-0.4, -0.2) is 24.7 Å². The second kappa shape index (κ2) is 5.63. The molecule has 3 rings (SSSR count). The lowest BCUT2D eigenvalue weighted by molar-refractivity contribution is 0.398. The summed E-state index contributed by atoms with van der Waals surface area (Å²) >= 11 is 0. The van der Waals surface area contributed by atoms with E-state index in [1.165, 1.54) is 18.9 Å². The van der Waals surface area contributed by atoms with Gasteiger partial charge in [-0.2, -0.15) is 5.10 Å². The molecule has 1 saturated carbocycles. The average Bonchev–Trinajstić information content (AvgIpc) is 2.96. The lowest BCUT2D eigenvalue weighted by Gasteiger charge is -2.10. The fourth-order valence-corrected chi connectivity index (χ4v) is 3.17. The summed E-state index contributed by atoms with van der Waals surface area (Å²) in [7, 11) is -3.67. The molecule has 0 radical (unpaired) electrons. The summed E-state index contributed by atoms with van der Waals surface area (Å²) in [6, 6.07) is 3.34. The quantitative estimate of drug-likeness (QED) is 0.715. The van der Waals surface area contributed by atoms with E-state index in [4.69, 9.17) is 4.42 Å². The molecule has 0 bridgehead atoms. The first-order valence-corrected chi connectivity index (χ1v) is 8.36. The fourth-order valence-electron chi connectivity index (χ4n) is 1.99. The first kappa shape index (κ1) is 14.3. The van der Waals surface area contributed by atoms with Crippen LogP contribution in [0, 0.1) is 0 Å². The van der Waals surface area contributed by atoms with Crippen molar-refractivity contribution in [2.24, 2.45) is 0 Å². The predicted molar refractivity (Wildman–Crippen MR) is 75.9 cm³/mol. The molecule has 114 valence electrons. The van der Waals surface area contributed by atoms with E-state index in [9.17, 15) is 8.42 Å². The SMILES string of the molecule is CC(NS(=O)(=O)c1ccc(CNC2CC2)o1)c1cn[nH]c1. The van der Waals surface area contributed by atoms with Crippen molar-refractivity contribution < 1.29 is 12.8 Å². The average molecular weight is 310 g/mol. The molecule has 0 saturated heterocycles. The molecule has 1 unspecified atom stereocenters. The highest BCUT2D eigenvalue weighted by Gasteiger charge is 2.24. The van der Waals surface area contributed by atoms with Gasteiger partial charge in [-0.25, -0.2) is 13.1 Å². The van der Waals surface area contributed by atoms with Gasteiger partial charge in [0, 0.05) is 23.8 Å². The van der Waals surface area contributed by atoms with E-state index in [-0.39, 0.29) is 11.1 Å². The molecule has 1 atom stereocenters. The Hall–Kier alpha value is -1.64. The molecule has 21 heavy (non-hydrogen) atoms. The summed E-state index contributed by atoms with van der Waals surface area (Å²) in [5.41, 5.74) is 0.765. The second-order valence-corrected chi connectivity index (χ2v) is 6.90. The van der Waals surface area contributed by atoms with Gasteiger partial charge in [-0.1, -0.05) is 0 Å². The third kappa shape index (κ3) is 3.52. The third-order valence-corrected chi connectivity index (χ3v) is 4.81. The van der Waals surface area contributed by atoms with Gasteiger partial charge in [0.05, 0.1) is 12.7 Å². The van der Waals surface area contributed by atoms with Crippen molar-refractivity contribution in [2.45, 2.75) is 43.5 Å². The minimum absolute atomic E-state index is 0.0644. The van der Waals surface area contributed by atoms with Gasteiger partial charge in [0.1, 0.15) is 5.76 Å². The number of rotatable bonds is 7. The van der Waals surface area contributed by atoms with Gasteiger partial charge in [0.25, 0.3) is 10.0 Å². The number of aromatic amines is 1. The van der Waals surface area contributed by atoms with E-state index < -0.39 is 10.0 Å². The largest absolute Gasteiger partial charge is 0.447 e. The van der Waals surface area contributed by atoms with E-state index in [1.807, 2.05) is 0 Å². The first-order chi connectivity index (χ1) is 10.0. The van der Waals surface area contributed by atoms with Crippen molar-refractivity contribution in [3.8, 4) is 0 Å². The first-order valence-electron chi connectivity index (χ1n) is 6.88. The maximum Gasteiger partial charge on any atom is 0.274 e. The van der Waals surface area contributed by atoms with E-state index >= 15 is 0 Å². The Bertz CT molecular complexity index is 689. The van der Waals surface area contributed by atoms with Gasteiger partial charge >= 0.3 is 0 Å². The van der Waals surface area contributed by atoms with Crippen molar-refractivity contribution >= 4 is 10.0 Å². The fraction of sp³-hybridized carbons (Fsp3) is 0.462. The van der Waals surface area contributed by atoms with Crippen LogP contribution < -0.4 is 10.0 Å². The highest BCUT2D eigenvalue weighted by atomic mass is 32.2. The Kier molecular flexibility index (Phi) is 3.83. The maximum absolute atomic E-state index is 12.2. The summed E-state index contributed by atoms with van der Waals surface area (Å²) in [5.74, 6) is 0.623. The zero-order chi connectivity index (χ0) is 14.9. The van der Waals surface area contributed by atoms with Gasteiger partial charge in [0.2, 0.25) is 5.09 Å². The van der Waals surface area contributed by atoms with E-state index in [1.54, 1.807) is 25.4 Å². The van der Waals surface area contributed by atoms with Gasteiger partial charge < -0.3 is 9.73 Å². The van der Waals surface area contributed by atoms with E-state index in [0.717, 1.165) is 5.56 Å². The predicted octanol–water partition coefficient (Wildman–Crippen LogP) is 1.29. The number of hydrogen-bond acceptors (Lipinski definition) is 5. The number of H-pyrrole nitrogens is 1.